The summed E-state index contributed by atoms with van der Waals surface area (Å²) in [5, 5.41) is 0.563. The summed E-state index contributed by atoms with van der Waals surface area (Å²) in [6.07, 6.45) is 0. The SMILES string of the molecule is Cc1ccc(CO[Si](C)(C)C(C)C)c(Cl)n1. The Morgan fingerprint density at radius 2 is 2.00 bits per heavy atom. The van der Waals surface area contributed by atoms with E-state index in [2.05, 4.69) is 31.9 Å². The van der Waals surface area contributed by atoms with Crippen molar-refractivity contribution in [2.45, 2.75) is 46.0 Å². The van der Waals surface area contributed by atoms with Crippen molar-refractivity contribution in [2.24, 2.45) is 0 Å². The van der Waals surface area contributed by atoms with Crippen LogP contribution in [-0.2, 0) is 11.0 Å². The highest BCUT2D eigenvalue weighted by atomic mass is 35.5. The molecule has 1 aromatic rings. The van der Waals surface area contributed by atoms with Crippen LogP contribution in [0.5, 0.6) is 0 Å². The standard InChI is InChI=1S/C12H20ClNOSi/c1-9(2)16(4,5)15-8-11-7-6-10(3)14-12(11)13/h6-7,9H,8H2,1-5H3. The van der Waals surface area contributed by atoms with Crippen LogP contribution in [0, 0.1) is 6.92 Å². The quantitative estimate of drug-likeness (QED) is 0.597. The molecular weight excluding hydrogens is 238 g/mol. The fourth-order valence-corrected chi connectivity index (χ4v) is 2.20. The molecule has 1 heterocycles. The molecule has 0 bridgehead atoms. The van der Waals surface area contributed by atoms with Crippen molar-refractivity contribution in [1.82, 2.24) is 4.98 Å². The zero-order valence-corrected chi connectivity index (χ0v) is 12.4. The molecule has 90 valence electrons. The predicted molar refractivity (Wildman–Crippen MR) is 71.4 cm³/mol. The van der Waals surface area contributed by atoms with Gasteiger partial charge in [0.05, 0.1) is 6.61 Å². The van der Waals surface area contributed by atoms with Crippen LogP contribution in [0.1, 0.15) is 25.1 Å². The lowest BCUT2D eigenvalue weighted by atomic mass is 10.3. The van der Waals surface area contributed by atoms with E-state index in [9.17, 15) is 0 Å². The molecule has 0 aliphatic heterocycles. The average molecular weight is 258 g/mol. The first-order valence-electron chi connectivity index (χ1n) is 5.59. The predicted octanol–water partition coefficient (Wildman–Crippen LogP) is 4.18. The molecule has 0 saturated heterocycles. The van der Waals surface area contributed by atoms with E-state index in [1.54, 1.807) is 0 Å². The Morgan fingerprint density at radius 3 is 2.50 bits per heavy atom. The Bertz CT molecular complexity index is 366. The molecule has 0 radical (unpaired) electrons. The number of pyridine rings is 1. The summed E-state index contributed by atoms with van der Waals surface area (Å²) in [4.78, 5) is 4.22. The fourth-order valence-electron chi connectivity index (χ4n) is 1.09. The Labute approximate surface area is 104 Å². The van der Waals surface area contributed by atoms with Crippen LogP contribution >= 0.6 is 11.6 Å². The van der Waals surface area contributed by atoms with E-state index in [0.717, 1.165) is 11.3 Å². The van der Waals surface area contributed by atoms with E-state index in [4.69, 9.17) is 16.0 Å². The number of hydrogen-bond acceptors (Lipinski definition) is 2. The lowest BCUT2D eigenvalue weighted by Crippen LogP contribution is -2.33. The van der Waals surface area contributed by atoms with Crippen LogP contribution in [0.25, 0.3) is 0 Å². The number of hydrogen-bond donors (Lipinski definition) is 0. The van der Waals surface area contributed by atoms with E-state index in [-0.39, 0.29) is 0 Å². The van der Waals surface area contributed by atoms with Gasteiger partial charge in [0.2, 0.25) is 0 Å². The van der Waals surface area contributed by atoms with Gasteiger partial charge in [-0.25, -0.2) is 4.98 Å². The molecule has 0 aliphatic carbocycles. The Balaban J connectivity index is 2.68. The molecule has 0 N–H and O–H groups in total. The first-order valence-corrected chi connectivity index (χ1v) is 8.95. The zero-order valence-electron chi connectivity index (χ0n) is 10.7. The van der Waals surface area contributed by atoms with Crippen LogP contribution in [-0.4, -0.2) is 13.3 Å². The van der Waals surface area contributed by atoms with Crippen molar-refractivity contribution in [3.05, 3.63) is 28.5 Å². The molecule has 0 amide bonds. The maximum atomic E-state index is 6.06. The van der Waals surface area contributed by atoms with Gasteiger partial charge in [-0.15, -0.1) is 0 Å². The lowest BCUT2D eigenvalue weighted by Gasteiger charge is -2.27. The molecule has 0 unspecified atom stereocenters. The fraction of sp³-hybridized carbons (Fsp3) is 0.583. The van der Waals surface area contributed by atoms with Crippen molar-refractivity contribution in [2.75, 3.05) is 0 Å². The number of nitrogens with zero attached hydrogens (tertiary/aromatic N) is 1. The van der Waals surface area contributed by atoms with Crippen molar-refractivity contribution >= 4 is 19.9 Å². The molecule has 1 rings (SSSR count). The third kappa shape index (κ3) is 3.58. The second-order valence-corrected chi connectivity index (χ2v) is 9.96. The second kappa shape index (κ2) is 5.30. The third-order valence-corrected chi connectivity index (χ3v) is 7.05. The van der Waals surface area contributed by atoms with Crippen LogP contribution in [0.4, 0.5) is 0 Å². The number of aromatic nitrogens is 1. The van der Waals surface area contributed by atoms with E-state index in [1.807, 2.05) is 19.1 Å². The van der Waals surface area contributed by atoms with Gasteiger partial charge in [-0.2, -0.15) is 0 Å². The summed E-state index contributed by atoms with van der Waals surface area (Å²) in [5.41, 5.74) is 2.52. The van der Waals surface area contributed by atoms with Gasteiger partial charge in [-0.1, -0.05) is 31.5 Å². The summed E-state index contributed by atoms with van der Waals surface area (Å²) >= 11 is 6.06. The van der Waals surface area contributed by atoms with Crippen molar-refractivity contribution < 1.29 is 4.43 Å². The summed E-state index contributed by atoms with van der Waals surface area (Å²) < 4.78 is 6.01. The van der Waals surface area contributed by atoms with E-state index < -0.39 is 8.32 Å². The third-order valence-electron chi connectivity index (χ3n) is 3.06. The Kier molecular flexibility index (Phi) is 4.53. The molecule has 0 saturated carbocycles. The van der Waals surface area contributed by atoms with Crippen LogP contribution < -0.4 is 0 Å². The topological polar surface area (TPSA) is 22.1 Å². The summed E-state index contributed by atoms with van der Waals surface area (Å²) in [6.45, 7) is 11.4. The van der Waals surface area contributed by atoms with Gasteiger partial charge in [-0.05, 0) is 31.6 Å². The average Bonchev–Trinajstić information content (AvgIpc) is 2.16. The van der Waals surface area contributed by atoms with Crippen LogP contribution in [0.15, 0.2) is 12.1 Å². The highest BCUT2D eigenvalue weighted by Crippen LogP contribution is 2.24. The lowest BCUT2D eigenvalue weighted by molar-refractivity contribution is 0.288. The molecule has 0 aliphatic rings. The number of aryl methyl sites for hydroxylation is 1. The maximum Gasteiger partial charge on any atom is 0.189 e. The van der Waals surface area contributed by atoms with Crippen molar-refractivity contribution in [3.63, 3.8) is 0 Å². The van der Waals surface area contributed by atoms with E-state index >= 15 is 0 Å². The van der Waals surface area contributed by atoms with Crippen LogP contribution in [0.3, 0.4) is 0 Å². The molecule has 0 aromatic carbocycles. The minimum atomic E-state index is -1.59. The van der Waals surface area contributed by atoms with Gasteiger partial charge in [0.1, 0.15) is 5.15 Å². The number of halogens is 1. The summed E-state index contributed by atoms with van der Waals surface area (Å²) in [5.74, 6) is 0. The largest absolute Gasteiger partial charge is 0.413 e. The maximum absolute atomic E-state index is 6.06. The molecular formula is C12H20ClNOSi. The van der Waals surface area contributed by atoms with Gasteiger partial charge in [-0.3, -0.25) is 0 Å². The molecule has 0 fully saturated rings. The molecule has 16 heavy (non-hydrogen) atoms. The van der Waals surface area contributed by atoms with Crippen LogP contribution in [0.2, 0.25) is 23.8 Å². The first-order chi connectivity index (χ1) is 7.33. The normalized spacial score (nSPS) is 12.2. The van der Waals surface area contributed by atoms with E-state index in [1.165, 1.54) is 0 Å². The van der Waals surface area contributed by atoms with Gasteiger partial charge in [0.15, 0.2) is 8.32 Å². The molecule has 4 heteroatoms. The summed E-state index contributed by atoms with van der Waals surface area (Å²) in [6, 6.07) is 3.96. The molecule has 0 spiro atoms. The van der Waals surface area contributed by atoms with Gasteiger partial charge >= 0.3 is 0 Å². The smallest absolute Gasteiger partial charge is 0.189 e. The highest BCUT2D eigenvalue weighted by Gasteiger charge is 2.27. The zero-order chi connectivity index (χ0) is 12.3. The molecule has 0 atom stereocenters. The van der Waals surface area contributed by atoms with Gasteiger partial charge in [0, 0.05) is 11.3 Å². The Morgan fingerprint density at radius 1 is 1.38 bits per heavy atom. The van der Waals surface area contributed by atoms with Gasteiger partial charge in [0.25, 0.3) is 0 Å². The van der Waals surface area contributed by atoms with E-state index in [0.29, 0.717) is 17.3 Å². The second-order valence-electron chi connectivity index (χ2n) is 4.95. The van der Waals surface area contributed by atoms with Gasteiger partial charge < -0.3 is 4.43 Å². The highest BCUT2D eigenvalue weighted by molar-refractivity contribution is 6.72. The van der Waals surface area contributed by atoms with Crippen molar-refractivity contribution in [3.8, 4) is 0 Å². The molecule has 2 nitrogen and oxygen atoms in total. The monoisotopic (exact) mass is 257 g/mol. The Hall–Kier alpha value is -0.383. The van der Waals surface area contributed by atoms with Crippen molar-refractivity contribution in [1.29, 1.82) is 0 Å². The number of rotatable bonds is 4. The minimum Gasteiger partial charge on any atom is -0.413 e. The summed E-state index contributed by atoms with van der Waals surface area (Å²) in [7, 11) is -1.59. The first kappa shape index (κ1) is 13.7. The minimum absolute atomic E-state index is 0.563. The molecule has 1 aromatic heterocycles.